The average molecular weight is 391 g/mol. The minimum atomic E-state index is -3.70. The van der Waals surface area contributed by atoms with Crippen LogP contribution in [-0.4, -0.2) is 50.0 Å². The van der Waals surface area contributed by atoms with E-state index in [0.717, 1.165) is 16.0 Å². The zero-order valence-corrected chi connectivity index (χ0v) is 15.3. The highest BCUT2D eigenvalue weighted by Crippen LogP contribution is 2.31. The van der Waals surface area contributed by atoms with Crippen molar-refractivity contribution in [2.45, 2.75) is 11.4 Å². The van der Waals surface area contributed by atoms with Gasteiger partial charge in [-0.1, -0.05) is 24.3 Å². The zero-order valence-electron chi connectivity index (χ0n) is 14.5. The molecule has 5 nitrogen and oxygen atoms in total. The Bertz CT molecular complexity index is 1040. The number of hydrogen-bond acceptors (Lipinski definition) is 4. The second-order valence-electron chi connectivity index (χ2n) is 6.44. The summed E-state index contributed by atoms with van der Waals surface area (Å²) >= 11 is 0. The summed E-state index contributed by atoms with van der Waals surface area (Å²) in [5.41, 5.74) is 1.44. The molecule has 2 heterocycles. The van der Waals surface area contributed by atoms with Crippen molar-refractivity contribution in [3.8, 4) is 0 Å². The van der Waals surface area contributed by atoms with Crippen LogP contribution in [0, 0.1) is 0 Å². The Morgan fingerprint density at radius 2 is 1.56 bits per heavy atom. The molecule has 0 bridgehead atoms. The molecule has 1 saturated heterocycles. The fourth-order valence-electron chi connectivity index (χ4n) is 3.48. The van der Waals surface area contributed by atoms with Crippen molar-refractivity contribution in [3.63, 3.8) is 0 Å². The maximum Gasteiger partial charge on any atom is 0.294 e. The molecule has 8 heteroatoms. The molecule has 0 spiro atoms. The van der Waals surface area contributed by atoms with Crippen molar-refractivity contribution < 1.29 is 17.2 Å². The summed E-state index contributed by atoms with van der Waals surface area (Å²) in [6, 6.07) is 15.5. The molecule has 1 aliphatic rings. The van der Waals surface area contributed by atoms with Crippen LogP contribution in [0.4, 0.5) is 14.5 Å². The molecule has 1 aliphatic heterocycles. The summed E-state index contributed by atoms with van der Waals surface area (Å²) in [7, 11) is -3.70. The molecule has 3 aromatic rings. The van der Waals surface area contributed by atoms with Gasteiger partial charge in [-0.05, 0) is 30.3 Å². The predicted molar refractivity (Wildman–Crippen MR) is 101 cm³/mol. The standard InChI is InChI=1S/C19H19F2N3O2S/c20-19(21)23-13-11-22(12-14-23)17-7-4-8-18-16(17)9-10-24(18)27(25,26)15-5-2-1-3-6-15/h1-10,19H,11-14H2. The first kappa shape index (κ1) is 17.9. The van der Waals surface area contributed by atoms with Gasteiger partial charge in [0.25, 0.3) is 16.6 Å². The molecule has 0 radical (unpaired) electrons. The van der Waals surface area contributed by atoms with E-state index in [-0.39, 0.29) is 18.0 Å². The Balaban J connectivity index is 1.71. The zero-order chi connectivity index (χ0) is 19.0. The number of anilines is 1. The molecule has 2 aromatic carbocycles. The van der Waals surface area contributed by atoms with Gasteiger partial charge in [0.05, 0.1) is 10.4 Å². The Morgan fingerprint density at radius 1 is 0.852 bits per heavy atom. The van der Waals surface area contributed by atoms with Crippen molar-refractivity contribution in [2.24, 2.45) is 0 Å². The number of fused-ring (bicyclic) bond motifs is 1. The van der Waals surface area contributed by atoms with Crippen LogP contribution < -0.4 is 4.90 Å². The van der Waals surface area contributed by atoms with Crippen LogP contribution in [0.25, 0.3) is 10.9 Å². The second kappa shape index (κ2) is 6.94. The Kier molecular flexibility index (Phi) is 4.61. The van der Waals surface area contributed by atoms with E-state index in [1.165, 1.54) is 3.97 Å². The van der Waals surface area contributed by atoms with Gasteiger partial charge in [-0.15, -0.1) is 0 Å². The van der Waals surface area contributed by atoms with Crippen LogP contribution in [0.5, 0.6) is 0 Å². The molecule has 142 valence electrons. The number of alkyl halides is 2. The van der Waals surface area contributed by atoms with Crippen molar-refractivity contribution >= 4 is 26.6 Å². The van der Waals surface area contributed by atoms with Crippen LogP contribution in [0.3, 0.4) is 0 Å². The lowest BCUT2D eigenvalue weighted by Gasteiger charge is -2.35. The number of benzene rings is 2. The third-order valence-corrected chi connectivity index (χ3v) is 6.61. The lowest BCUT2D eigenvalue weighted by Crippen LogP contribution is -2.48. The molecule has 4 rings (SSSR count). The van der Waals surface area contributed by atoms with E-state index in [2.05, 4.69) is 0 Å². The van der Waals surface area contributed by atoms with Gasteiger partial charge in [0, 0.05) is 43.4 Å². The van der Waals surface area contributed by atoms with Gasteiger partial charge in [0.15, 0.2) is 0 Å². The van der Waals surface area contributed by atoms with Gasteiger partial charge >= 0.3 is 0 Å². The van der Waals surface area contributed by atoms with Gasteiger partial charge in [-0.2, -0.15) is 8.78 Å². The van der Waals surface area contributed by atoms with Crippen molar-refractivity contribution in [2.75, 3.05) is 31.1 Å². The number of aromatic nitrogens is 1. The number of halogens is 2. The molecule has 0 aliphatic carbocycles. The molecule has 0 amide bonds. The normalized spacial score (nSPS) is 16.3. The number of piperazine rings is 1. The predicted octanol–water partition coefficient (Wildman–Crippen LogP) is 3.22. The summed E-state index contributed by atoms with van der Waals surface area (Å²) < 4.78 is 52.9. The van der Waals surface area contributed by atoms with Crippen LogP contribution >= 0.6 is 0 Å². The van der Waals surface area contributed by atoms with Crippen LogP contribution in [0.15, 0.2) is 65.7 Å². The smallest absolute Gasteiger partial charge is 0.294 e. The molecule has 1 aromatic heterocycles. The summed E-state index contributed by atoms with van der Waals surface area (Å²) in [5.74, 6) is 0. The van der Waals surface area contributed by atoms with E-state index in [1.54, 1.807) is 54.7 Å². The van der Waals surface area contributed by atoms with Crippen LogP contribution in [-0.2, 0) is 10.0 Å². The number of hydrogen-bond donors (Lipinski definition) is 0. The fourth-order valence-corrected chi connectivity index (χ4v) is 4.84. The number of nitrogens with zero attached hydrogens (tertiary/aromatic N) is 3. The van der Waals surface area contributed by atoms with Gasteiger partial charge in [-0.25, -0.2) is 17.3 Å². The summed E-state index contributed by atoms with van der Waals surface area (Å²) in [6.07, 6.45) is 1.55. The van der Waals surface area contributed by atoms with E-state index in [0.29, 0.717) is 18.6 Å². The Hall–Kier alpha value is -2.45. The van der Waals surface area contributed by atoms with Gasteiger partial charge in [-0.3, -0.25) is 0 Å². The maximum absolute atomic E-state index is 13.0. The van der Waals surface area contributed by atoms with Crippen LogP contribution in [0.1, 0.15) is 0 Å². The average Bonchev–Trinajstić information content (AvgIpc) is 3.14. The first-order valence-corrected chi connectivity index (χ1v) is 10.1. The van der Waals surface area contributed by atoms with Crippen molar-refractivity contribution in [1.82, 2.24) is 8.87 Å². The Labute approximate surface area is 156 Å². The van der Waals surface area contributed by atoms with Crippen molar-refractivity contribution in [1.29, 1.82) is 0 Å². The first-order chi connectivity index (χ1) is 13.0. The lowest BCUT2D eigenvalue weighted by molar-refractivity contribution is -0.0294. The molecule has 0 unspecified atom stereocenters. The number of rotatable bonds is 4. The largest absolute Gasteiger partial charge is 0.368 e. The molecule has 0 atom stereocenters. The minimum absolute atomic E-state index is 0.221. The topological polar surface area (TPSA) is 45.6 Å². The van der Waals surface area contributed by atoms with E-state index in [9.17, 15) is 17.2 Å². The highest BCUT2D eigenvalue weighted by Gasteiger charge is 2.25. The third kappa shape index (κ3) is 3.19. The quantitative estimate of drug-likeness (QED) is 0.641. The molecular formula is C19H19F2N3O2S. The maximum atomic E-state index is 13.0. The molecule has 1 fully saturated rings. The molecule has 0 N–H and O–H groups in total. The van der Waals surface area contributed by atoms with E-state index < -0.39 is 16.6 Å². The summed E-state index contributed by atoms with van der Waals surface area (Å²) in [6.45, 7) is -0.950. The monoisotopic (exact) mass is 391 g/mol. The van der Waals surface area contributed by atoms with Gasteiger partial charge in [0.2, 0.25) is 0 Å². The Morgan fingerprint density at radius 3 is 2.22 bits per heavy atom. The highest BCUT2D eigenvalue weighted by atomic mass is 32.2. The lowest BCUT2D eigenvalue weighted by atomic mass is 10.2. The third-order valence-electron chi connectivity index (χ3n) is 4.91. The summed E-state index contributed by atoms with van der Waals surface area (Å²) in [4.78, 5) is 3.39. The molecular weight excluding hydrogens is 372 g/mol. The molecule has 27 heavy (non-hydrogen) atoms. The van der Waals surface area contributed by atoms with Gasteiger partial charge < -0.3 is 4.90 Å². The van der Waals surface area contributed by atoms with E-state index >= 15 is 0 Å². The SMILES string of the molecule is O=S(=O)(c1ccccc1)n1ccc2c(N3CCN(C(F)F)CC3)cccc21. The van der Waals surface area contributed by atoms with Gasteiger partial charge in [0.1, 0.15) is 0 Å². The molecule has 0 saturated carbocycles. The minimum Gasteiger partial charge on any atom is -0.368 e. The summed E-state index contributed by atoms with van der Waals surface area (Å²) in [5, 5.41) is 0.794. The van der Waals surface area contributed by atoms with E-state index in [4.69, 9.17) is 0 Å². The second-order valence-corrected chi connectivity index (χ2v) is 8.26. The van der Waals surface area contributed by atoms with E-state index in [1.807, 2.05) is 11.0 Å². The fraction of sp³-hybridized carbons (Fsp3) is 0.263. The highest BCUT2D eigenvalue weighted by molar-refractivity contribution is 7.90. The van der Waals surface area contributed by atoms with Crippen molar-refractivity contribution in [3.05, 3.63) is 60.8 Å². The van der Waals surface area contributed by atoms with Crippen LogP contribution in [0.2, 0.25) is 0 Å². The first-order valence-electron chi connectivity index (χ1n) is 8.66.